The summed E-state index contributed by atoms with van der Waals surface area (Å²) >= 11 is 0. The van der Waals surface area contributed by atoms with Crippen LogP contribution in [-0.2, 0) is 6.54 Å². The second-order valence-electron chi connectivity index (χ2n) is 8.36. The van der Waals surface area contributed by atoms with E-state index in [0.717, 1.165) is 13.1 Å². The molecule has 1 N–H and O–H groups in total. The van der Waals surface area contributed by atoms with Crippen molar-refractivity contribution in [3.8, 4) is 0 Å². The number of benzene rings is 1. The summed E-state index contributed by atoms with van der Waals surface area (Å²) in [6.45, 7) is 6.84. The smallest absolute Gasteiger partial charge is 0.0233 e. The van der Waals surface area contributed by atoms with Crippen LogP contribution < -0.4 is 5.32 Å². The molecular weight excluding hydrogens is 340 g/mol. The normalized spacial score (nSPS) is 19.0. The highest BCUT2D eigenvalue weighted by Gasteiger charge is 2.19. The Bertz CT molecular complexity index is 648. The summed E-state index contributed by atoms with van der Waals surface area (Å²) < 4.78 is 0. The molecule has 2 nitrogen and oxygen atoms in total. The predicted octanol–water partition coefficient (Wildman–Crippen LogP) is 6.02. The Morgan fingerprint density at radius 1 is 1.11 bits per heavy atom. The van der Waals surface area contributed by atoms with Crippen molar-refractivity contribution in [1.29, 1.82) is 0 Å². The van der Waals surface area contributed by atoms with E-state index < -0.39 is 0 Å². The molecule has 0 atom stereocenters. The summed E-state index contributed by atoms with van der Waals surface area (Å²) in [6.07, 6.45) is 19.5. The molecule has 1 fully saturated rings. The molecule has 0 spiro atoms. The maximum absolute atomic E-state index is 3.88. The molecule has 0 saturated carbocycles. The molecule has 0 radical (unpaired) electrons. The van der Waals surface area contributed by atoms with E-state index in [2.05, 4.69) is 71.8 Å². The van der Waals surface area contributed by atoms with Gasteiger partial charge in [0.1, 0.15) is 0 Å². The van der Waals surface area contributed by atoms with Crippen LogP contribution in [0.4, 0.5) is 0 Å². The first kappa shape index (κ1) is 21.1. The molecule has 1 aromatic rings. The Balaban J connectivity index is 1.45. The van der Waals surface area contributed by atoms with E-state index in [1.807, 2.05) is 0 Å². The number of hydrogen-bond donors (Lipinski definition) is 1. The lowest BCUT2D eigenvalue weighted by Gasteiger charge is -2.32. The molecule has 28 heavy (non-hydrogen) atoms. The van der Waals surface area contributed by atoms with Gasteiger partial charge in [0.15, 0.2) is 0 Å². The molecular formula is C26H38N2. The quantitative estimate of drug-likeness (QED) is 0.501. The van der Waals surface area contributed by atoms with Crippen LogP contribution in [0, 0.1) is 0 Å². The molecule has 0 amide bonds. The summed E-state index contributed by atoms with van der Waals surface area (Å²) in [5.74, 6) is 0. The van der Waals surface area contributed by atoms with E-state index in [1.165, 1.54) is 75.6 Å². The molecule has 2 heteroatoms. The van der Waals surface area contributed by atoms with E-state index in [0.29, 0.717) is 6.04 Å². The Labute approximate surface area is 172 Å². The topological polar surface area (TPSA) is 15.3 Å². The second-order valence-corrected chi connectivity index (χ2v) is 8.36. The monoisotopic (exact) mass is 378 g/mol. The standard InChI is InChI=1S/C26H38N2/c1-2-3-6-15-25(20-23-11-7-4-8-12-23)21-27-26-16-18-28(19-17-26)22-24-13-9-5-10-14-24/h5,7,9-14,20,26-27H,2-4,6,8,15-19,21-22H2,1H3/b25-20+. The van der Waals surface area contributed by atoms with Crippen molar-refractivity contribution in [2.45, 2.75) is 70.9 Å². The first-order chi connectivity index (χ1) is 13.8. The molecule has 152 valence electrons. The lowest BCUT2D eigenvalue weighted by molar-refractivity contribution is 0.192. The van der Waals surface area contributed by atoms with Gasteiger partial charge in [-0.25, -0.2) is 0 Å². The molecule has 1 aromatic carbocycles. The van der Waals surface area contributed by atoms with Gasteiger partial charge in [0.05, 0.1) is 0 Å². The number of piperidine rings is 1. The second kappa shape index (κ2) is 12.0. The molecule has 1 saturated heterocycles. The minimum atomic E-state index is 0.664. The number of hydrogen-bond acceptors (Lipinski definition) is 2. The minimum absolute atomic E-state index is 0.664. The number of nitrogens with zero attached hydrogens (tertiary/aromatic N) is 1. The van der Waals surface area contributed by atoms with Crippen molar-refractivity contribution in [2.75, 3.05) is 19.6 Å². The Hall–Kier alpha value is -1.64. The van der Waals surface area contributed by atoms with Gasteiger partial charge < -0.3 is 5.32 Å². The molecule has 2 aliphatic rings. The van der Waals surface area contributed by atoms with Crippen LogP contribution in [0.2, 0.25) is 0 Å². The third-order valence-corrected chi connectivity index (χ3v) is 5.95. The van der Waals surface area contributed by atoms with Crippen molar-refractivity contribution in [3.63, 3.8) is 0 Å². The number of rotatable bonds is 10. The summed E-state index contributed by atoms with van der Waals surface area (Å²) in [5.41, 5.74) is 4.43. The lowest BCUT2D eigenvalue weighted by atomic mass is 9.99. The molecule has 0 bridgehead atoms. The van der Waals surface area contributed by atoms with Crippen LogP contribution in [-0.4, -0.2) is 30.6 Å². The van der Waals surface area contributed by atoms with Gasteiger partial charge in [0.25, 0.3) is 0 Å². The third-order valence-electron chi connectivity index (χ3n) is 5.95. The fraction of sp³-hybridized carbons (Fsp3) is 0.538. The lowest BCUT2D eigenvalue weighted by Crippen LogP contribution is -2.42. The van der Waals surface area contributed by atoms with Gasteiger partial charge in [-0.3, -0.25) is 4.90 Å². The fourth-order valence-corrected chi connectivity index (χ4v) is 4.20. The molecule has 1 aliphatic carbocycles. The summed E-state index contributed by atoms with van der Waals surface area (Å²) in [5, 5.41) is 3.88. The number of likely N-dealkylation sites (tertiary alicyclic amines) is 1. The maximum Gasteiger partial charge on any atom is 0.0233 e. The van der Waals surface area contributed by atoms with Gasteiger partial charge >= 0.3 is 0 Å². The molecule has 0 unspecified atom stereocenters. The van der Waals surface area contributed by atoms with Crippen LogP contribution in [0.1, 0.15) is 63.9 Å². The van der Waals surface area contributed by atoms with Gasteiger partial charge in [0, 0.05) is 19.1 Å². The highest BCUT2D eigenvalue weighted by molar-refractivity contribution is 5.35. The van der Waals surface area contributed by atoms with Crippen LogP contribution in [0.3, 0.4) is 0 Å². The molecule has 3 rings (SSSR count). The third kappa shape index (κ3) is 7.41. The van der Waals surface area contributed by atoms with Gasteiger partial charge in [-0.1, -0.05) is 80.0 Å². The molecule has 0 aromatic heterocycles. The maximum atomic E-state index is 3.88. The fourth-order valence-electron chi connectivity index (χ4n) is 4.20. The van der Waals surface area contributed by atoms with Gasteiger partial charge in [0.2, 0.25) is 0 Å². The van der Waals surface area contributed by atoms with Crippen molar-refractivity contribution in [1.82, 2.24) is 10.2 Å². The van der Waals surface area contributed by atoms with Crippen molar-refractivity contribution >= 4 is 0 Å². The predicted molar refractivity (Wildman–Crippen MR) is 121 cm³/mol. The molecule has 1 heterocycles. The molecule has 1 aliphatic heterocycles. The van der Waals surface area contributed by atoms with Gasteiger partial charge in [-0.15, -0.1) is 0 Å². The first-order valence-electron chi connectivity index (χ1n) is 11.4. The van der Waals surface area contributed by atoms with E-state index >= 15 is 0 Å². The van der Waals surface area contributed by atoms with Crippen LogP contribution >= 0.6 is 0 Å². The van der Waals surface area contributed by atoms with Crippen LogP contribution in [0.15, 0.2) is 65.8 Å². The van der Waals surface area contributed by atoms with Gasteiger partial charge in [-0.2, -0.15) is 0 Å². The summed E-state index contributed by atoms with van der Waals surface area (Å²) in [4.78, 5) is 2.60. The largest absolute Gasteiger partial charge is 0.310 e. The highest BCUT2D eigenvalue weighted by atomic mass is 15.1. The first-order valence-corrected chi connectivity index (χ1v) is 11.4. The Morgan fingerprint density at radius 2 is 1.93 bits per heavy atom. The summed E-state index contributed by atoms with van der Waals surface area (Å²) in [6, 6.07) is 11.5. The van der Waals surface area contributed by atoms with Crippen molar-refractivity contribution in [3.05, 3.63) is 71.3 Å². The van der Waals surface area contributed by atoms with E-state index in [4.69, 9.17) is 0 Å². The zero-order valence-electron chi connectivity index (χ0n) is 17.7. The Morgan fingerprint density at radius 3 is 2.64 bits per heavy atom. The van der Waals surface area contributed by atoms with E-state index in [1.54, 1.807) is 5.57 Å². The highest BCUT2D eigenvalue weighted by Crippen LogP contribution is 2.18. The van der Waals surface area contributed by atoms with E-state index in [-0.39, 0.29) is 0 Å². The summed E-state index contributed by atoms with van der Waals surface area (Å²) in [7, 11) is 0. The van der Waals surface area contributed by atoms with Crippen LogP contribution in [0.25, 0.3) is 0 Å². The van der Waals surface area contributed by atoms with E-state index in [9.17, 15) is 0 Å². The number of unbranched alkanes of at least 4 members (excludes halogenated alkanes) is 2. The number of nitrogens with one attached hydrogen (secondary N) is 1. The Kier molecular flexibility index (Phi) is 9.06. The zero-order chi connectivity index (χ0) is 19.4. The van der Waals surface area contributed by atoms with Gasteiger partial charge in [-0.05, 0) is 62.8 Å². The number of allylic oxidation sites excluding steroid dienone is 5. The average molecular weight is 379 g/mol. The minimum Gasteiger partial charge on any atom is -0.310 e. The SMILES string of the molecule is CCCCC/C(=C\C1=CCCC=C1)CNC1CCN(Cc2ccccc2)CC1. The van der Waals surface area contributed by atoms with Crippen molar-refractivity contribution in [2.24, 2.45) is 0 Å². The van der Waals surface area contributed by atoms with Crippen LogP contribution in [0.5, 0.6) is 0 Å². The average Bonchev–Trinajstić information content (AvgIpc) is 2.74. The zero-order valence-corrected chi connectivity index (χ0v) is 17.7. The van der Waals surface area contributed by atoms with Crippen molar-refractivity contribution < 1.29 is 0 Å².